The number of hydrogen-bond acceptors (Lipinski definition) is 3. The second-order valence-corrected chi connectivity index (χ2v) is 21.4. The maximum absolute atomic E-state index is 7.08. The van der Waals surface area contributed by atoms with E-state index < -0.39 is 0 Å². The molecular formula is C60H55BN2O. The average molecular weight is 831 g/mol. The number of anilines is 5. The molecule has 3 aliphatic rings. The molecule has 0 saturated carbocycles. The molecule has 0 fully saturated rings. The summed E-state index contributed by atoms with van der Waals surface area (Å²) in [7, 11) is 0. The number of rotatable bonds is 3. The van der Waals surface area contributed by atoms with Gasteiger partial charge in [0.1, 0.15) is 11.2 Å². The molecule has 0 spiro atoms. The number of furan rings is 1. The highest BCUT2D eigenvalue weighted by Crippen LogP contribution is 2.52. The predicted octanol–water partition coefficient (Wildman–Crippen LogP) is 15.4. The topological polar surface area (TPSA) is 19.6 Å². The van der Waals surface area contributed by atoms with Crippen LogP contribution in [0.2, 0.25) is 0 Å². The normalized spacial score (nSPS) is 15.9. The predicted molar refractivity (Wildman–Crippen MR) is 274 cm³/mol. The van der Waals surface area contributed by atoms with Crippen molar-refractivity contribution in [2.45, 2.75) is 91.4 Å². The molecular weight excluding hydrogens is 775 g/mol. The lowest BCUT2D eigenvalue weighted by Gasteiger charge is -2.46. The van der Waals surface area contributed by atoms with Crippen LogP contribution in [0.5, 0.6) is 0 Å². The van der Waals surface area contributed by atoms with Crippen molar-refractivity contribution in [2.24, 2.45) is 0 Å². The van der Waals surface area contributed by atoms with Crippen LogP contribution in [0, 0.1) is 13.8 Å². The van der Waals surface area contributed by atoms with Crippen molar-refractivity contribution < 1.29 is 4.42 Å². The average Bonchev–Trinajstić information content (AvgIpc) is 3.63. The summed E-state index contributed by atoms with van der Waals surface area (Å²) in [5, 5.41) is 4.87. The van der Waals surface area contributed by atoms with Gasteiger partial charge in [-0.05, 0) is 164 Å². The number of nitrogens with zero attached hydrogens (tertiary/aromatic N) is 2. The zero-order chi connectivity index (χ0) is 44.0. The second-order valence-electron chi connectivity index (χ2n) is 21.4. The molecule has 3 nitrogen and oxygen atoms in total. The van der Waals surface area contributed by atoms with E-state index in [1.54, 1.807) is 0 Å². The first-order valence-corrected chi connectivity index (χ1v) is 23.2. The molecule has 0 atom stereocenters. The Hall–Kier alpha value is -6.52. The molecule has 0 unspecified atom stereocenters. The van der Waals surface area contributed by atoms with Crippen LogP contribution in [0.1, 0.15) is 89.1 Å². The summed E-state index contributed by atoms with van der Waals surface area (Å²) < 4.78 is 7.08. The van der Waals surface area contributed by atoms with Crippen molar-refractivity contribution >= 4 is 78.9 Å². The minimum Gasteiger partial charge on any atom is -0.456 e. The Bertz CT molecular complexity index is 3400. The maximum atomic E-state index is 7.08. The van der Waals surface area contributed by atoms with Gasteiger partial charge in [-0.25, -0.2) is 0 Å². The van der Waals surface area contributed by atoms with Gasteiger partial charge >= 0.3 is 6.85 Å². The number of fused-ring (bicyclic) bond motifs is 9. The first-order chi connectivity index (χ1) is 30.6. The van der Waals surface area contributed by atoms with Crippen LogP contribution in [-0.2, 0) is 16.2 Å². The van der Waals surface area contributed by atoms with Gasteiger partial charge in [0.2, 0.25) is 0 Å². The molecule has 9 aromatic rings. The molecule has 1 aromatic heterocycles. The van der Waals surface area contributed by atoms with E-state index in [-0.39, 0.29) is 23.1 Å². The second kappa shape index (κ2) is 13.5. The summed E-state index contributed by atoms with van der Waals surface area (Å²) >= 11 is 0. The first-order valence-electron chi connectivity index (χ1n) is 23.2. The molecule has 8 aromatic carbocycles. The van der Waals surface area contributed by atoms with Crippen molar-refractivity contribution in [3.05, 3.63) is 173 Å². The molecule has 314 valence electrons. The summed E-state index contributed by atoms with van der Waals surface area (Å²) in [5.74, 6) is 0. The lowest BCUT2D eigenvalue weighted by molar-refractivity contribution is 0.332. The molecule has 4 heteroatoms. The minimum absolute atomic E-state index is 0.0363. The molecule has 1 aliphatic carbocycles. The van der Waals surface area contributed by atoms with E-state index in [1.165, 1.54) is 112 Å². The van der Waals surface area contributed by atoms with Crippen molar-refractivity contribution in [1.82, 2.24) is 0 Å². The number of aryl methyl sites for hydroxylation is 2. The van der Waals surface area contributed by atoms with Gasteiger partial charge in [0, 0.05) is 50.8 Å². The van der Waals surface area contributed by atoms with Crippen LogP contribution in [-0.4, -0.2) is 6.85 Å². The lowest BCUT2D eigenvalue weighted by atomic mass is 9.43. The monoisotopic (exact) mass is 830 g/mol. The van der Waals surface area contributed by atoms with E-state index in [9.17, 15) is 0 Å². The highest BCUT2D eigenvalue weighted by Gasteiger charge is 2.46. The molecule has 12 rings (SSSR count). The van der Waals surface area contributed by atoms with Crippen LogP contribution in [0.3, 0.4) is 0 Å². The molecule has 64 heavy (non-hydrogen) atoms. The van der Waals surface area contributed by atoms with Crippen LogP contribution in [0.25, 0.3) is 55.0 Å². The Kier molecular flexibility index (Phi) is 8.25. The van der Waals surface area contributed by atoms with Gasteiger partial charge in [-0.1, -0.05) is 133 Å². The van der Waals surface area contributed by atoms with Gasteiger partial charge in [-0.3, -0.25) is 0 Å². The van der Waals surface area contributed by atoms with E-state index in [0.717, 1.165) is 23.3 Å². The highest BCUT2D eigenvalue weighted by molar-refractivity contribution is 6.93. The molecule has 0 saturated heterocycles. The van der Waals surface area contributed by atoms with Gasteiger partial charge in [0.05, 0.1) is 0 Å². The van der Waals surface area contributed by atoms with Crippen LogP contribution < -0.4 is 20.6 Å². The molecule has 0 bridgehead atoms. The Morgan fingerprint density at radius 2 is 1.20 bits per heavy atom. The smallest absolute Gasteiger partial charge is 0.333 e. The Balaban J connectivity index is 1.19. The van der Waals surface area contributed by atoms with Gasteiger partial charge in [0.25, 0.3) is 0 Å². The summed E-state index contributed by atoms with van der Waals surface area (Å²) in [5.41, 5.74) is 22.3. The molecule has 0 radical (unpaired) electrons. The van der Waals surface area contributed by atoms with Crippen LogP contribution in [0.15, 0.2) is 150 Å². The first kappa shape index (κ1) is 39.1. The van der Waals surface area contributed by atoms with Crippen LogP contribution >= 0.6 is 0 Å². The molecule has 0 amide bonds. The summed E-state index contributed by atoms with van der Waals surface area (Å²) in [6, 6.07) is 55.5. The SMILES string of the molecule is Cc1cc2c3c(c1)N(c1ccc(-c4ccccc4)cc1C)c1cc4oc5cc6c(cc5c4cc1B3N(c1ccc(C(C)(C)C)cc1)c1cc3ccccc3cc1-2)C(C)(C)CCC6(C)C. The fourth-order valence-electron chi connectivity index (χ4n) is 11.5. The third-order valence-electron chi connectivity index (χ3n) is 15.2. The van der Waals surface area contributed by atoms with E-state index in [4.69, 9.17) is 4.42 Å². The zero-order valence-corrected chi connectivity index (χ0v) is 38.7. The van der Waals surface area contributed by atoms with Gasteiger partial charge in [-0.15, -0.1) is 0 Å². The van der Waals surface area contributed by atoms with E-state index >= 15 is 0 Å². The van der Waals surface area contributed by atoms with Crippen molar-refractivity contribution in [2.75, 3.05) is 9.71 Å². The van der Waals surface area contributed by atoms with Crippen molar-refractivity contribution in [3.8, 4) is 22.3 Å². The third-order valence-corrected chi connectivity index (χ3v) is 15.2. The van der Waals surface area contributed by atoms with Gasteiger partial charge in [-0.2, -0.15) is 0 Å². The quantitative estimate of drug-likeness (QED) is 0.165. The summed E-state index contributed by atoms with van der Waals surface area (Å²) in [4.78, 5) is 5.21. The Morgan fingerprint density at radius 1 is 0.547 bits per heavy atom. The zero-order valence-electron chi connectivity index (χ0n) is 38.7. The largest absolute Gasteiger partial charge is 0.456 e. The summed E-state index contributed by atoms with van der Waals surface area (Å²) in [6.07, 6.45) is 2.33. The maximum Gasteiger partial charge on any atom is 0.333 e. The Morgan fingerprint density at radius 3 is 1.91 bits per heavy atom. The van der Waals surface area contributed by atoms with Crippen molar-refractivity contribution in [3.63, 3.8) is 0 Å². The van der Waals surface area contributed by atoms with Gasteiger partial charge < -0.3 is 14.1 Å². The highest BCUT2D eigenvalue weighted by atomic mass is 16.3. The molecule has 0 N–H and O–H groups in total. The standard InChI is InChI=1S/C60H55BN2O/c1-36-27-47-44-30-39-17-13-14-18-40(39)31-52(44)63(43-22-20-42(21-23-43)58(3,4)5)61-50-33-46-45-32-48-49(60(8,9)26-25-59(48,6)7)34-55(45)64-56(46)35-53(50)62(54(28-36)57(47)61)51-24-19-41(29-37(51)2)38-15-11-10-12-16-38/h10-24,27-35H,25-26H2,1-9H3. The van der Waals surface area contributed by atoms with E-state index in [1.807, 2.05) is 0 Å². The Labute approximate surface area is 378 Å². The summed E-state index contributed by atoms with van der Waals surface area (Å²) in [6.45, 7) is 21.0. The van der Waals surface area contributed by atoms with E-state index in [0.29, 0.717) is 0 Å². The minimum atomic E-state index is -0.114. The third kappa shape index (κ3) is 5.80. The fourth-order valence-corrected chi connectivity index (χ4v) is 11.5. The molecule has 3 heterocycles. The van der Waals surface area contributed by atoms with Gasteiger partial charge in [0.15, 0.2) is 0 Å². The molecule has 2 aliphatic heterocycles. The lowest BCUT2D eigenvalue weighted by Crippen LogP contribution is -2.61. The number of hydrogen-bond donors (Lipinski definition) is 0. The number of benzene rings is 8. The fraction of sp³-hybridized carbons (Fsp3) is 0.233. The van der Waals surface area contributed by atoms with Crippen molar-refractivity contribution in [1.29, 1.82) is 0 Å². The van der Waals surface area contributed by atoms with Crippen LogP contribution in [0.4, 0.5) is 28.4 Å². The van der Waals surface area contributed by atoms with E-state index in [2.05, 4.69) is 218 Å².